The summed E-state index contributed by atoms with van der Waals surface area (Å²) in [4.78, 5) is 25.3. The molecule has 12 heteroatoms. The lowest BCUT2D eigenvalue weighted by atomic mass is 9.92. The summed E-state index contributed by atoms with van der Waals surface area (Å²) in [6.07, 6.45) is -1.17. The molecule has 10 nitrogen and oxygen atoms in total. The van der Waals surface area contributed by atoms with E-state index in [2.05, 4.69) is 5.32 Å². The highest BCUT2D eigenvalue weighted by Gasteiger charge is 2.44. The first-order valence-corrected chi connectivity index (χ1v) is 17.8. The van der Waals surface area contributed by atoms with Crippen molar-refractivity contribution < 1.29 is 53.4 Å². The SMILES string of the molecule is Cc1cccc(CC(=O)NCC2OC(OC[C@H](CC(=O)CCCCCCCCCCc3ccc(F)c(F)c3)[C@H](O)[C@@H](C)O)C(O)C(O)C2O)c1. The molecule has 1 heterocycles. The minimum atomic E-state index is -1.64. The third kappa shape index (κ3) is 14.1. The zero-order valence-electron chi connectivity index (χ0n) is 29.2. The number of carbonyl (C=O) groups is 2. The van der Waals surface area contributed by atoms with Gasteiger partial charge in [0.25, 0.3) is 0 Å². The van der Waals surface area contributed by atoms with Crippen LogP contribution in [0.25, 0.3) is 0 Å². The normalized spacial score (nSPS) is 22.5. The highest BCUT2D eigenvalue weighted by molar-refractivity contribution is 5.79. The van der Waals surface area contributed by atoms with E-state index in [0.29, 0.717) is 19.3 Å². The molecule has 0 radical (unpaired) electrons. The van der Waals surface area contributed by atoms with Gasteiger partial charge in [0.1, 0.15) is 30.2 Å². The van der Waals surface area contributed by atoms with Crippen LogP contribution in [0.4, 0.5) is 8.78 Å². The second-order valence-corrected chi connectivity index (χ2v) is 13.6. The van der Waals surface area contributed by atoms with Gasteiger partial charge in [-0.2, -0.15) is 0 Å². The number of hydrogen-bond donors (Lipinski definition) is 6. The van der Waals surface area contributed by atoms with Gasteiger partial charge in [-0.15, -0.1) is 0 Å². The number of aliphatic hydroxyl groups is 5. The first-order valence-electron chi connectivity index (χ1n) is 17.8. The van der Waals surface area contributed by atoms with Crippen LogP contribution in [0, 0.1) is 24.5 Å². The summed E-state index contributed by atoms with van der Waals surface area (Å²) in [7, 11) is 0. The number of nitrogens with one attached hydrogen (secondary N) is 1. The Bertz CT molecular complexity index is 1330. The molecule has 6 N–H and O–H groups in total. The summed E-state index contributed by atoms with van der Waals surface area (Å²) in [6.45, 7) is 2.88. The molecular formula is C38H55F2NO9. The number of halogens is 2. The number of ether oxygens (including phenoxy) is 2. The Balaban J connectivity index is 1.36. The Hall–Kier alpha value is -2.84. The molecule has 1 aliphatic heterocycles. The first-order chi connectivity index (χ1) is 23.8. The van der Waals surface area contributed by atoms with E-state index in [1.165, 1.54) is 13.0 Å². The summed E-state index contributed by atoms with van der Waals surface area (Å²) in [6, 6.07) is 11.5. The Morgan fingerprint density at radius 3 is 2.20 bits per heavy atom. The number of carbonyl (C=O) groups excluding carboxylic acids is 2. The number of Topliss-reactive ketones (excluding diaryl/α,β-unsaturated/α-hetero) is 1. The minimum absolute atomic E-state index is 0.0730. The van der Waals surface area contributed by atoms with Gasteiger partial charge >= 0.3 is 0 Å². The first kappa shape index (κ1) is 41.6. The van der Waals surface area contributed by atoms with Crippen LogP contribution in [0.3, 0.4) is 0 Å². The molecule has 0 spiro atoms. The van der Waals surface area contributed by atoms with E-state index in [1.54, 1.807) is 6.07 Å². The molecule has 50 heavy (non-hydrogen) atoms. The fourth-order valence-corrected chi connectivity index (χ4v) is 6.20. The molecule has 2 aromatic rings. The van der Waals surface area contributed by atoms with Crippen LogP contribution in [-0.2, 0) is 31.9 Å². The third-order valence-corrected chi connectivity index (χ3v) is 9.21. The standard InChI is InChI=1S/C38H55F2NO9/c1-24-12-11-14-27(18-24)20-33(44)41-22-32-35(46)36(47)37(48)38(50-32)49-23-28(34(45)25(2)42)21-29(43)15-10-8-6-4-3-5-7-9-13-26-16-17-30(39)31(40)19-26/h11-12,14,16-19,25,28,32,34-38,42,45-48H,3-10,13,15,20-23H2,1-2H3,(H,41,44)/t25-,28+,32?,34-,35?,36?,37?,38?/m1/s1. The van der Waals surface area contributed by atoms with Crippen LogP contribution in [0.5, 0.6) is 0 Å². The molecule has 0 aromatic heterocycles. The summed E-state index contributed by atoms with van der Waals surface area (Å²) < 4.78 is 37.8. The number of aliphatic hydroxyl groups excluding tert-OH is 5. The number of aryl methyl sites for hydroxylation is 2. The van der Waals surface area contributed by atoms with Gasteiger partial charge in [-0.1, -0.05) is 74.4 Å². The predicted molar refractivity (Wildman–Crippen MR) is 183 cm³/mol. The molecule has 1 aliphatic rings. The van der Waals surface area contributed by atoms with Gasteiger partial charge in [0.2, 0.25) is 5.91 Å². The van der Waals surface area contributed by atoms with Crippen molar-refractivity contribution in [1.29, 1.82) is 0 Å². The fraction of sp³-hybridized carbons (Fsp3) is 0.632. The van der Waals surface area contributed by atoms with E-state index >= 15 is 0 Å². The van der Waals surface area contributed by atoms with Gasteiger partial charge in [-0.05, 0) is 56.4 Å². The van der Waals surface area contributed by atoms with E-state index in [-0.39, 0.29) is 37.7 Å². The van der Waals surface area contributed by atoms with Crippen LogP contribution in [0.2, 0.25) is 0 Å². The number of hydrogen-bond acceptors (Lipinski definition) is 9. The number of amides is 1. The predicted octanol–water partition coefficient (Wildman–Crippen LogP) is 3.83. The second kappa shape index (κ2) is 21.5. The number of rotatable bonds is 22. The van der Waals surface area contributed by atoms with Crippen molar-refractivity contribution in [2.24, 2.45) is 5.92 Å². The minimum Gasteiger partial charge on any atom is -0.391 e. The molecule has 0 saturated carbocycles. The molecule has 1 saturated heterocycles. The van der Waals surface area contributed by atoms with Crippen molar-refractivity contribution in [1.82, 2.24) is 5.32 Å². The van der Waals surface area contributed by atoms with Gasteiger partial charge in [-0.25, -0.2) is 8.78 Å². The van der Waals surface area contributed by atoms with Crippen LogP contribution >= 0.6 is 0 Å². The average Bonchev–Trinajstić information content (AvgIpc) is 3.07. The molecule has 0 bridgehead atoms. The molecular weight excluding hydrogens is 652 g/mol. The second-order valence-electron chi connectivity index (χ2n) is 13.6. The maximum atomic E-state index is 13.3. The van der Waals surface area contributed by atoms with Crippen LogP contribution in [0.1, 0.15) is 87.8 Å². The maximum absolute atomic E-state index is 13.3. The topological polar surface area (TPSA) is 166 Å². The number of benzene rings is 2. The van der Waals surface area contributed by atoms with Gasteiger partial charge < -0.3 is 40.3 Å². The summed E-state index contributed by atoms with van der Waals surface area (Å²) in [5.41, 5.74) is 2.61. The van der Waals surface area contributed by atoms with Gasteiger partial charge in [0, 0.05) is 25.3 Å². The van der Waals surface area contributed by atoms with Gasteiger partial charge in [-0.3, -0.25) is 9.59 Å². The smallest absolute Gasteiger partial charge is 0.224 e. The van der Waals surface area contributed by atoms with E-state index in [0.717, 1.165) is 67.7 Å². The maximum Gasteiger partial charge on any atom is 0.224 e. The van der Waals surface area contributed by atoms with E-state index < -0.39 is 60.5 Å². The number of ketones is 1. The average molecular weight is 708 g/mol. The van der Waals surface area contributed by atoms with Crippen LogP contribution in [-0.4, -0.2) is 93.3 Å². The van der Waals surface area contributed by atoms with Crippen molar-refractivity contribution in [3.63, 3.8) is 0 Å². The highest BCUT2D eigenvalue weighted by atomic mass is 19.2. The summed E-state index contributed by atoms with van der Waals surface area (Å²) in [5, 5.41) is 54.8. The van der Waals surface area contributed by atoms with Crippen molar-refractivity contribution >= 4 is 11.7 Å². The zero-order chi connectivity index (χ0) is 36.6. The van der Waals surface area contributed by atoms with Gasteiger partial charge in [0.15, 0.2) is 17.9 Å². The lowest BCUT2D eigenvalue weighted by Crippen LogP contribution is -2.61. The monoisotopic (exact) mass is 707 g/mol. The Morgan fingerprint density at radius 1 is 0.860 bits per heavy atom. The Labute approximate surface area is 293 Å². The molecule has 2 aromatic carbocycles. The van der Waals surface area contributed by atoms with Gasteiger partial charge in [0.05, 0.1) is 25.2 Å². The van der Waals surface area contributed by atoms with Crippen LogP contribution in [0.15, 0.2) is 42.5 Å². The van der Waals surface area contributed by atoms with E-state index in [1.807, 2.05) is 31.2 Å². The van der Waals surface area contributed by atoms with Crippen molar-refractivity contribution in [2.45, 2.75) is 134 Å². The van der Waals surface area contributed by atoms with Crippen molar-refractivity contribution in [3.05, 3.63) is 70.8 Å². The molecule has 0 aliphatic carbocycles. The lowest BCUT2D eigenvalue weighted by Gasteiger charge is -2.41. The molecule has 3 rings (SSSR count). The molecule has 8 atom stereocenters. The molecule has 1 fully saturated rings. The van der Waals surface area contributed by atoms with Crippen molar-refractivity contribution in [2.75, 3.05) is 13.2 Å². The lowest BCUT2D eigenvalue weighted by molar-refractivity contribution is -0.299. The summed E-state index contributed by atoms with van der Waals surface area (Å²) in [5.74, 6) is -2.90. The Morgan fingerprint density at radius 2 is 1.54 bits per heavy atom. The summed E-state index contributed by atoms with van der Waals surface area (Å²) >= 11 is 0. The fourth-order valence-electron chi connectivity index (χ4n) is 6.20. The number of unbranched alkanes of at least 4 members (excludes halogenated alkanes) is 7. The quantitative estimate of drug-likeness (QED) is 0.0999. The van der Waals surface area contributed by atoms with E-state index in [9.17, 15) is 43.9 Å². The largest absolute Gasteiger partial charge is 0.391 e. The Kier molecular flexibility index (Phi) is 17.9. The van der Waals surface area contributed by atoms with E-state index in [4.69, 9.17) is 9.47 Å². The van der Waals surface area contributed by atoms with Crippen molar-refractivity contribution in [3.8, 4) is 0 Å². The third-order valence-electron chi connectivity index (χ3n) is 9.21. The molecule has 5 unspecified atom stereocenters. The van der Waals surface area contributed by atoms with Crippen LogP contribution < -0.4 is 5.32 Å². The highest BCUT2D eigenvalue weighted by Crippen LogP contribution is 2.25. The molecule has 280 valence electrons. The molecule has 1 amide bonds. The zero-order valence-corrected chi connectivity index (χ0v) is 29.2.